The Morgan fingerprint density at radius 3 is 2.65 bits per heavy atom. The second-order valence-corrected chi connectivity index (χ2v) is 6.38. The van der Waals surface area contributed by atoms with Crippen LogP contribution in [0.15, 0.2) is 39.9 Å². The molecule has 1 heterocycles. The van der Waals surface area contributed by atoms with E-state index in [1.54, 1.807) is 16.8 Å². The van der Waals surface area contributed by atoms with Gasteiger partial charge < -0.3 is 5.73 Å². The summed E-state index contributed by atoms with van der Waals surface area (Å²) in [6, 6.07) is 5.07. The topological polar surface area (TPSA) is 60.2 Å². The van der Waals surface area contributed by atoms with E-state index in [4.69, 9.17) is 5.73 Å². The van der Waals surface area contributed by atoms with Crippen molar-refractivity contribution in [3.05, 3.63) is 46.4 Å². The van der Waals surface area contributed by atoms with Crippen LogP contribution in [0.1, 0.15) is 5.56 Å². The van der Waals surface area contributed by atoms with Crippen LogP contribution in [0.4, 0.5) is 10.1 Å². The van der Waals surface area contributed by atoms with Crippen LogP contribution < -0.4 is 5.73 Å². The molecule has 2 aromatic rings. The highest BCUT2D eigenvalue weighted by atomic mass is 32.2. The number of thiophene rings is 1. The monoisotopic (exact) mass is 271 g/mol. The van der Waals surface area contributed by atoms with Gasteiger partial charge in [0.2, 0.25) is 0 Å². The molecule has 2 rings (SSSR count). The lowest BCUT2D eigenvalue weighted by Gasteiger charge is -2.04. The largest absolute Gasteiger partial charge is 0.399 e. The van der Waals surface area contributed by atoms with Crippen molar-refractivity contribution < 1.29 is 12.8 Å². The third kappa shape index (κ3) is 2.83. The number of nitrogen functional groups attached to an aromatic ring is 1. The van der Waals surface area contributed by atoms with E-state index in [2.05, 4.69) is 0 Å². The number of halogens is 1. The highest BCUT2D eigenvalue weighted by Crippen LogP contribution is 2.21. The van der Waals surface area contributed by atoms with Crippen molar-refractivity contribution >= 4 is 26.9 Å². The van der Waals surface area contributed by atoms with Gasteiger partial charge >= 0.3 is 0 Å². The maximum Gasteiger partial charge on any atom is 0.182 e. The molecule has 2 N–H and O–H groups in total. The summed E-state index contributed by atoms with van der Waals surface area (Å²) in [5.74, 6) is -0.784. The second-order valence-electron chi connectivity index (χ2n) is 3.61. The summed E-state index contributed by atoms with van der Waals surface area (Å²) < 4.78 is 37.1. The summed E-state index contributed by atoms with van der Waals surface area (Å²) >= 11 is 1.42. The van der Waals surface area contributed by atoms with E-state index >= 15 is 0 Å². The van der Waals surface area contributed by atoms with Crippen molar-refractivity contribution in [2.24, 2.45) is 0 Å². The predicted molar refractivity (Wildman–Crippen MR) is 66.0 cm³/mol. The minimum Gasteiger partial charge on any atom is -0.399 e. The SMILES string of the molecule is Nc1cc(F)cc(S(=O)(=O)Cc2ccsc2)c1. The van der Waals surface area contributed by atoms with Crippen LogP contribution in [0.2, 0.25) is 0 Å². The van der Waals surface area contributed by atoms with Crippen LogP contribution in [0, 0.1) is 5.82 Å². The van der Waals surface area contributed by atoms with Crippen molar-refractivity contribution in [2.45, 2.75) is 10.6 Å². The molecule has 90 valence electrons. The molecule has 0 bridgehead atoms. The summed E-state index contributed by atoms with van der Waals surface area (Å²) in [7, 11) is -3.54. The standard InChI is InChI=1S/C11H10FNO2S2/c12-9-3-10(13)5-11(4-9)17(14,15)7-8-1-2-16-6-8/h1-6H,7,13H2. The molecule has 0 spiro atoms. The molecule has 0 aliphatic carbocycles. The molecule has 0 unspecified atom stereocenters. The molecular formula is C11H10FNO2S2. The van der Waals surface area contributed by atoms with Crippen molar-refractivity contribution in [2.75, 3.05) is 5.73 Å². The van der Waals surface area contributed by atoms with Crippen LogP contribution in [0.25, 0.3) is 0 Å². The van der Waals surface area contributed by atoms with E-state index in [-0.39, 0.29) is 16.3 Å². The van der Waals surface area contributed by atoms with Gasteiger partial charge in [0.05, 0.1) is 10.6 Å². The first kappa shape index (κ1) is 12.1. The van der Waals surface area contributed by atoms with E-state index in [0.717, 1.165) is 12.1 Å². The Bertz CT molecular complexity index is 601. The number of hydrogen-bond donors (Lipinski definition) is 1. The van der Waals surface area contributed by atoms with Gasteiger partial charge in [0.25, 0.3) is 0 Å². The maximum absolute atomic E-state index is 13.1. The fraction of sp³-hybridized carbons (Fsp3) is 0.0909. The molecule has 3 nitrogen and oxygen atoms in total. The van der Waals surface area contributed by atoms with Crippen LogP contribution in [0.3, 0.4) is 0 Å². The average molecular weight is 271 g/mol. The van der Waals surface area contributed by atoms with Gasteiger partial charge in [0, 0.05) is 5.69 Å². The van der Waals surface area contributed by atoms with E-state index in [0.29, 0.717) is 5.56 Å². The lowest BCUT2D eigenvalue weighted by atomic mass is 10.3. The van der Waals surface area contributed by atoms with Gasteiger partial charge in [-0.15, -0.1) is 0 Å². The third-order valence-electron chi connectivity index (χ3n) is 2.19. The molecule has 0 saturated carbocycles. The molecule has 17 heavy (non-hydrogen) atoms. The number of benzene rings is 1. The van der Waals surface area contributed by atoms with Crippen LogP contribution in [-0.4, -0.2) is 8.42 Å². The van der Waals surface area contributed by atoms with Crippen LogP contribution in [0.5, 0.6) is 0 Å². The number of sulfone groups is 1. The molecule has 0 aliphatic rings. The Morgan fingerprint density at radius 1 is 1.29 bits per heavy atom. The Morgan fingerprint density at radius 2 is 2.06 bits per heavy atom. The van der Waals surface area contributed by atoms with Crippen LogP contribution in [-0.2, 0) is 15.6 Å². The molecule has 0 amide bonds. The zero-order valence-corrected chi connectivity index (χ0v) is 10.4. The van der Waals surface area contributed by atoms with Gasteiger partial charge in [-0.3, -0.25) is 0 Å². The van der Waals surface area contributed by atoms with Gasteiger partial charge in [0.15, 0.2) is 9.84 Å². The minimum absolute atomic E-state index is 0.0822. The lowest BCUT2D eigenvalue weighted by molar-refractivity contribution is 0.590. The second kappa shape index (κ2) is 4.46. The van der Waals surface area contributed by atoms with Crippen LogP contribution >= 0.6 is 11.3 Å². The molecule has 1 aromatic heterocycles. The smallest absolute Gasteiger partial charge is 0.182 e. The molecule has 6 heteroatoms. The maximum atomic E-state index is 13.1. The van der Waals surface area contributed by atoms with E-state index in [1.165, 1.54) is 17.4 Å². The summed E-state index contributed by atoms with van der Waals surface area (Å²) in [6.45, 7) is 0. The Balaban J connectivity index is 2.38. The summed E-state index contributed by atoms with van der Waals surface area (Å²) in [5, 5.41) is 3.55. The van der Waals surface area contributed by atoms with Crippen molar-refractivity contribution in [3.8, 4) is 0 Å². The number of rotatable bonds is 3. The quantitative estimate of drug-likeness (QED) is 0.872. The average Bonchev–Trinajstić information content (AvgIpc) is 2.68. The molecule has 0 fully saturated rings. The first-order chi connectivity index (χ1) is 7.97. The summed E-state index contributed by atoms with van der Waals surface area (Å²) in [4.78, 5) is -0.0822. The fourth-order valence-electron chi connectivity index (χ4n) is 1.44. The zero-order chi connectivity index (χ0) is 12.5. The van der Waals surface area contributed by atoms with Gasteiger partial charge in [-0.05, 0) is 40.6 Å². The molecule has 0 saturated heterocycles. The van der Waals surface area contributed by atoms with E-state index in [9.17, 15) is 12.8 Å². The molecule has 1 aromatic carbocycles. The van der Waals surface area contributed by atoms with E-state index in [1.807, 2.05) is 0 Å². The van der Waals surface area contributed by atoms with Gasteiger partial charge in [-0.2, -0.15) is 11.3 Å². The van der Waals surface area contributed by atoms with Gasteiger partial charge in [0.1, 0.15) is 5.82 Å². The first-order valence-electron chi connectivity index (χ1n) is 4.77. The van der Waals surface area contributed by atoms with E-state index < -0.39 is 15.7 Å². The number of anilines is 1. The first-order valence-corrected chi connectivity index (χ1v) is 7.37. The van der Waals surface area contributed by atoms with Gasteiger partial charge in [-0.1, -0.05) is 0 Å². The lowest BCUT2D eigenvalue weighted by Crippen LogP contribution is -2.05. The molecular weight excluding hydrogens is 261 g/mol. The third-order valence-corrected chi connectivity index (χ3v) is 4.59. The van der Waals surface area contributed by atoms with Gasteiger partial charge in [-0.25, -0.2) is 12.8 Å². The Kier molecular flexibility index (Phi) is 3.17. The molecule has 0 atom stereocenters. The highest BCUT2D eigenvalue weighted by Gasteiger charge is 2.17. The Labute approximate surface area is 103 Å². The Hall–Kier alpha value is -1.40. The minimum atomic E-state index is -3.54. The highest BCUT2D eigenvalue weighted by molar-refractivity contribution is 7.90. The number of nitrogens with two attached hydrogens (primary N) is 1. The zero-order valence-electron chi connectivity index (χ0n) is 8.76. The predicted octanol–water partition coefficient (Wildman–Crippen LogP) is 2.44. The fourth-order valence-corrected chi connectivity index (χ4v) is 3.61. The van der Waals surface area contributed by atoms with Crippen molar-refractivity contribution in [1.29, 1.82) is 0 Å². The van der Waals surface area contributed by atoms with Crippen molar-refractivity contribution in [3.63, 3.8) is 0 Å². The van der Waals surface area contributed by atoms with Crippen molar-refractivity contribution in [1.82, 2.24) is 0 Å². The summed E-state index contributed by atoms with van der Waals surface area (Å²) in [5.41, 5.74) is 6.23. The number of hydrogen-bond acceptors (Lipinski definition) is 4. The molecule has 0 aliphatic heterocycles. The molecule has 0 radical (unpaired) electrons. The normalized spacial score (nSPS) is 11.6. The summed E-state index contributed by atoms with van der Waals surface area (Å²) in [6.07, 6.45) is 0.